The van der Waals surface area contributed by atoms with Gasteiger partial charge in [-0.2, -0.15) is 0 Å². The zero-order valence-corrected chi connectivity index (χ0v) is 10.4. The molecule has 0 spiro atoms. The van der Waals surface area contributed by atoms with E-state index in [-0.39, 0.29) is 11.7 Å². The normalized spacial score (nSPS) is 12.6. The molecule has 3 nitrogen and oxygen atoms in total. The zero-order valence-electron chi connectivity index (χ0n) is 8.91. The number of halogens is 2. The van der Waals surface area contributed by atoms with Crippen LogP contribution in [0.4, 0.5) is 0 Å². The van der Waals surface area contributed by atoms with E-state index in [4.69, 9.17) is 33.0 Å². The van der Waals surface area contributed by atoms with Gasteiger partial charge in [0.2, 0.25) is 0 Å². The van der Waals surface area contributed by atoms with Gasteiger partial charge in [0.15, 0.2) is 11.9 Å². The average molecular weight is 263 g/mol. The predicted molar refractivity (Wildman–Crippen MR) is 63.4 cm³/mol. The average Bonchev–Trinajstić information content (AvgIpc) is 2.15. The maximum atomic E-state index is 11.0. The van der Waals surface area contributed by atoms with Crippen molar-refractivity contribution < 1.29 is 14.6 Å². The van der Waals surface area contributed by atoms with Crippen molar-refractivity contribution in [3.8, 4) is 5.75 Å². The Morgan fingerprint density at radius 3 is 2.19 bits per heavy atom. The van der Waals surface area contributed by atoms with Crippen LogP contribution in [0.2, 0.25) is 10.0 Å². The fourth-order valence-corrected chi connectivity index (χ4v) is 1.68. The molecule has 0 saturated carbocycles. The summed E-state index contributed by atoms with van der Waals surface area (Å²) in [5, 5.41) is 9.59. The van der Waals surface area contributed by atoms with Crippen molar-refractivity contribution in [3.05, 3.63) is 28.2 Å². The van der Waals surface area contributed by atoms with E-state index in [1.165, 1.54) is 0 Å². The van der Waals surface area contributed by atoms with Gasteiger partial charge in [-0.25, -0.2) is 4.79 Å². The SMILES string of the molecule is CC(C)C(Oc1c(Cl)cccc1Cl)C(=O)O. The van der Waals surface area contributed by atoms with E-state index in [0.717, 1.165) is 0 Å². The van der Waals surface area contributed by atoms with Crippen LogP contribution in [0.15, 0.2) is 18.2 Å². The van der Waals surface area contributed by atoms with Crippen LogP contribution in [-0.4, -0.2) is 17.2 Å². The summed E-state index contributed by atoms with van der Waals surface area (Å²) >= 11 is 11.8. The van der Waals surface area contributed by atoms with E-state index in [1.54, 1.807) is 32.0 Å². The lowest BCUT2D eigenvalue weighted by Gasteiger charge is -2.19. The monoisotopic (exact) mass is 262 g/mol. The van der Waals surface area contributed by atoms with Crippen molar-refractivity contribution in [1.29, 1.82) is 0 Å². The van der Waals surface area contributed by atoms with Gasteiger partial charge in [-0.15, -0.1) is 0 Å². The highest BCUT2D eigenvalue weighted by atomic mass is 35.5. The lowest BCUT2D eigenvalue weighted by atomic mass is 10.1. The van der Waals surface area contributed by atoms with Gasteiger partial charge in [0.1, 0.15) is 0 Å². The molecule has 0 bridgehead atoms. The highest BCUT2D eigenvalue weighted by molar-refractivity contribution is 6.37. The molecule has 0 saturated heterocycles. The minimum Gasteiger partial charge on any atom is -0.478 e. The fourth-order valence-electron chi connectivity index (χ4n) is 1.19. The van der Waals surface area contributed by atoms with E-state index >= 15 is 0 Å². The second-order valence-corrected chi connectivity index (χ2v) is 4.49. The molecule has 16 heavy (non-hydrogen) atoms. The summed E-state index contributed by atoms with van der Waals surface area (Å²) < 4.78 is 5.34. The summed E-state index contributed by atoms with van der Waals surface area (Å²) in [6.07, 6.45) is -0.961. The highest BCUT2D eigenvalue weighted by Crippen LogP contribution is 2.33. The number of carbonyl (C=O) groups is 1. The molecule has 88 valence electrons. The summed E-state index contributed by atoms with van der Waals surface area (Å²) in [6, 6.07) is 4.87. The van der Waals surface area contributed by atoms with Crippen molar-refractivity contribution in [2.24, 2.45) is 5.92 Å². The van der Waals surface area contributed by atoms with Crippen LogP contribution < -0.4 is 4.74 Å². The van der Waals surface area contributed by atoms with Crippen molar-refractivity contribution in [2.45, 2.75) is 20.0 Å². The van der Waals surface area contributed by atoms with Gasteiger partial charge in [0, 0.05) is 5.92 Å². The third kappa shape index (κ3) is 3.03. The van der Waals surface area contributed by atoms with Gasteiger partial charge in [0.25, 0.3) is 0 Å². The first-order chi connectivity index (χ1) is 7.43. The molecule has 0 aliphatic carbocycles. The molecule has 1 rings (SSSR count). The molecular weight excluding hydrogens is 251 g/mol. The fraction of sp³-hybridized carbons (Fsp3) is 0.364. The minimum absolute atomic E-state index is 0.176. The van der Waals surface area contributed by atoms with E-state index in [1.807, 2.05) is 0 Å². The van der Waals surface area contributed by atoms with Gasteiger partial charge in [0.05, 0.1) is 10.0 Å². The number of para-hydroxylation sites is 1. The summed E-state index contributed by atoms with van der Waals surface area (Å²) in [6.45, 7) is 3.51. The van der Waals surface area contributed by atoms with E-state index < -0.39 is 12.1 Å². The maximum absolute atomic E-state index is 11.0. The van der Waals surface area contributed by atoms with E-state index in [2.05, 4.69) is 0 Å². The molecule has 0 radical (unpaired) electrons. The van der Waals surface area contributed by atoms with Crippen molar-refractivity contribution in [1.82, 2.24) is 0 Å². The summed E-state index contributed by atoms with van der Waals surface area (Å²) in [5.41, 5.74) is 0. The molecular formula is C11H12Cl2O3. The van der Waals surface area contributed by atoms with Crippen LogP contribution >= 0.6 is 23.2 Å². The Bertz CT molecular complexity index is 371. The van der Waals surface area contributed by atoms with Crippen LogP contribution in [0.1, 0.15) is 13.8 Å². The van der Waals surface area contributed by atoms with Crippen LogP contribution in [0.3, 0.4) is 0 Å². The molecule has 1 aromatic carbocycles. The van der Waals surface area contributed by atoms with Gasteiger partial charge in [-0.3, -0.25) is 0 Å². The van der Waals surface area contributed by atoms with Crippen LogP contribution in [0.5, 0.6) is 5.75 Å². The molecule has 0 aliphatic heterocycles. The largest absolute Gasteiger partial charge is 0.478 e. The first-order valence-corrected chi connectivity index (χ1v) is 5.52. The number of carboxylic acid groups (broad SMARTS) is 1. The number of rotatable bonds is 4. The number of carboxylic acids is 1. The second-order valence-electron chi connectivity index (χ2n) is 3.67. The summed E-state index contributed by atoms with van der Waals surface area (Å²) in [4.78, 5) is 11.0. The Kier molecular flexibility index (Phi) is 4.44. The Morgan fingerprint density at radius 2 is 1.81 bits per heavy atom. The molecule has 1 unspecified atom stereocenters. The van der Waals surface area contributed by atoms with E-state index in [0.29, 0.717) is 10.0 Å². The quantitative estimate of drug-likeness (QED) is 0.904. The van der Waals surface area contributed by atoms with Crippen LogP contribution in [-0.2, 0) is 4.79 Å². The third-order valence-electron chi connectivity index (χ3n) is 2.01. The molecule has 0 amide bonds. The number of hydrogen-bond donors (Lipinski definition) is 1. The van der Waals surface area contributed by atoms with E-state index in [9.17, 15) is 4.79 Å². The number of aliphatic carboxylic acids is 1. The van der Waals surface area contributed by atoms with Crippen molar-refractivity contribution in [3.63, 3.8) is 0 Å². The smallest absolute Gasteiger partial charge is 0.345 e. The number of benzene rings is 1. The molecule has 1 atom stereocenters. The number of ether oxygens (including phenoxy) is 1. The topological polar surface area (TPSA) is 46.5 Å². The Balaban J connectivity index is 2.98. The molecule has 0 aromatic heterocycles. The summed E-state index contributed by atoms with van der Waals surface area (Å²) in [5.74, 6) is -0.997. The highest BCUT2D eigenvalue weighted by Gasteiger charge is 2.25. The lowest BCUT2D eigenvalue weighted by Crippen LogP contribution is -2.32. The standard InChI is InChI=1S/C11H12Cl2O3/c1-6(2)9(11(14)15)16-10-7(12)4-3-5-8(10)13/h3-6,9H,1-2H3,(H,14,15). The van der Waals surface area contributed by atoms with Crippen LogP contribution in [0, 0.1) is 5.92 Å². The molecule has 1 N–H and O–H groups in total. The molecule has 0 aliphatic rings. The van der Waals surface area contributed by atoms with Gasteiger partial charge in [-0.1, -0.05) is 43.1 Å². The predicted octanol–water partition coefficient (Wildman–Crippen LogP) is 3.48. The molecule has 1 aromatic rings. The summed E-state index contributed by atoms with van der Waals surface area (Å²) in [7, 11) is 0. The number of hydrogen-bond acceptors (Lipinski definition) is 2. The van der Waals surface area contributed by atoms with Crippen molar-refractivity contribution >= 4 is 29.2 Å². The second kappa shape index (κ2) is 5.41. The maximum Gasteiger partial charge on any atom is 0.345 e. The molecule has 5 heteroatoms. The first-order valence-electron chi connectivity index (χ1n) is 4.77. The molecule has 0 fully saturated rings. The van der Waals surface area contributed by atoms with Gasteiger partial charge >= 0.3 is 5.97 Å². The lowest BCUT2D eigenvalue weighted by molar-refractivity contribution is -0.147. The Morgan fingerprint density at radius 1 is 1.31 bits per heavy atom. The Labute approximate surface area is 104 Å². The first kappa shape index (κ1) is 13.1. The third-order valence-corrected chi connectivity index (χ3v) is 2.61. The van der Waals surface area contributed by atoms with Gasteiger partial charge < -0.3 is 9.84 Å². The Hall–Kier alpha value is -0.930. The van der Waals surface area contributed by atoms with Crippen LogP contribution in [0.25, 0.3) is 0 Å². The van der Waals surface area contributed by atoms with Gasteiger partial charge in [-0.05, 0) is 12.1 Å². The van der Waals surface area contributed by atoms with Crippen molar-refractivity contribution in [2.75, 3.05) is 0 Å². The molecule has 0 heterocycles. The zero-order chi connectivity index (χ0) is 12.3. The minimum atomic E-state index is -1.04.